The Hall–Kier alpha value is -2.36. The monoisotopic (exact) mass is 254 g/mol. The van der Waals surface area contributed by atoms with Gasteiger partial charge in [-0.15, -0.1) is 0 Å². The number of hydrogen-bond donors (Lipinski definition) is 0. The van der Waals surface area contributed by atoms with E-state index in [1.807, 2.05) is 50.2 Å². The zero-order chi connectivity index (χ0) is 13.2. The van der Waals surface area contributed by atoms with Crippen molar-refractivity contribution in [3.05, 3.63) is 42.8 Å². The molecule has 19 heavy (non-hydrogen) atoms. The van der Waals surface area contributed by atoms with Gasteiger partial charge < -0.3 is 9.15 Å². The fourth-order valence-electron chi connectivity index (χ4n) is 1.89. The molecule has 0 saturated heterocycles. The Morgan fingerprint density at radius 1 is 1.05 bits per heavy atom. The van der Waals surface area contributed by atoms with Crippen LogP contribution in [0.5, 0.6) is 5.75 Å². The third-order valence-corrected chi connectivity index (χ3v) is 2.72. The number of aromatic nitrogens is 2. The molecule has 0 N–H and O–H groups in total. The number of ether oxygens (including phenoxy) is 1. The maximum atomic E-state index is 5.62. The molecule has 2 heterocycles. The lowest BCUT2D eigenvalue weighted by atomic mass is 10.1. The van der Waals surface area contributed by atoms with Gasteiger partial charge in [-0.25, -0.2) is 4.98 Å². The van der Waals surface area contributed by atoms with Gasteiger partial charge in [-0.05, 0) is 50.2 Å². The van der Waals surface area contributed by atoms with E-state index >= 15 is 0 Å². The molecule has 0 spiro atoms. The highest BCUT2D eigenvalue weighted by molar-refractivity contribution is 5.73. The normalized spacial score (nSPS) is 11.1. The topological polar surface area (TPSA) is 48.2 Å². The third-order valence-electron chi connectivity index (χ3n) is 2.72. The predicted molar refractivity (Wildman–Crippen MR) is 73.0 cm³/mol. The second-order valence-corrected chi connectivity index (χ2v) is 4.56. The first kappa shape index (κ1) is 11.7. The van der Waals surface area contributed by atoms with E-state index in [0.29, 0.717) is 11.2 Å². The molecule has 3 rings (SSSR count). The SMILES string of the molecule is CC(C)Oc1ccc(-c2ccc3ocnc3n2)cc1. The van der Waals surface area contributed by atoms with Gasteiger partial charge in [0.2, 0.25) is 0 Å². The van der Waals surface area contributed by atoms with Crippen molar-refractivity contribution in [2.75, 3.05) is 0 Å². The van der Waals surface area contributed by atoms with E-state index < -0.39 is 0 Å². The summed E-state index contributed by atoms with van der Waals surface area (Å²) in [5.41, 5.74) is 3.22. The van der Waals surface area contributed by atoms with E-state index in [1.165, 1.54) is 6.39 Å². The molecular formula is C15H14N2O2. The van der Waals surface area contributed by atoms with Crippen LogP contribution in [0.1, 0.15) is 13.8 Å². The van der Waals surface area contributed by atoms with Gasteiger partial charge in [0.1, 0.15) is 5.75 Å². The summed E-state index contributed by atoms with van der Waals surface area (Å²) in [6, 6.07) is 11.7. The summed E-state index contributed by atoms with van der Waals surface area (Å²) in [7, 11) is 0. The summed E-state index contributed by atoms with van der Waals surface area (Å²) in [4.78, 5) is 8.51. The van der Waals surface area contributed by atoms with E-state index in [1.54, 1.807) is 0 Å². The number of hydrogen-bond acceptors (Lipinski definition) is 4. The molecule has 4 heteroatoms. The largest absolute Gasteiger partial charge is 0.491 e. The zero-order valence-electron chi connectivity index (χ0n) is 10.8. The summed E-state index contributed by atoms with van der Waals surface area (Å²) in [6.45, 7) is 4.02. The standard InChI is InChI=1S/C15H14N2O2/c1-10(2)19-12-5-3-11(4-6-12)13-7-8-14-15(17-13)16-9-18-14/h3-10H,1-2H3. The zero-order valence-corrected chi connectivity index (χ0v) is 10.8. The van der Waals surface area contributed by atoms with Crippen LogP contribution in [-0.4, -0.2) is 16.1 Å². The van der Waals surface area contributed by atoms with Crippen LogP contribution < -0.4 is 4.74 Å². The Bertz CT molecular complexity index is 687. The van der Waals surface area contributed by atoms with Gasteiger partial charge in [0.25, 0.3) is 0 Å². The van der Waals surface area contributed by atoms with Gasteiger partial charge in [0.05, 0.1) is 11.8 Å². The van der Waals surface area contributed by atoms with Crippen molar-refractivity contribution in [1.29, 1.82) is 0 Å². The lowest BCUT2D eigenvalue weighted by Gasteiger charge is -2.09. The van der Waals surface area contributed by atoms with Crippen molar-refractivity contribution in [3.8, 4) is 17.0 Å². The molecule has 4 nitrogen and oxygen atoms in total. The first-order valence-corrected chi connectivity index (χ1v) is 6.20. The quantitative estimate of drug-likeness (QED) is 0.715. The van der Waals surface area contributed by atoms with Crippen molar-refractivity contribution < 1.29 is 9.15 Å². The van der Waals surface area contributed by atoms with Crippen molar-refractivity contribution in [3.63, 3.8) is 0 Å². The molecule has 0 saturated carbocycles. The Morgan fingerprint density at radius 2 is 1.84 bits per heavy atom. The lowest BCUT2D eigenvalue weighted by molar-refractivity contribution is 0.242. The van der Waals surface area contributed by atoms with E-state index in [2.05, 4.69) is 9.97 Å². The molecule has 96 valence electrons. The van der Waals surface area contributed by atoms with E-state index in [9.17, 15) is 0 Å². The average Bonchev–Trinajstić information content (AvgIpc) is 2.86. The summed E-state index contributed by atoms with van der Waals surface area (Å²) in [5.74, 6) is 0.862. The highest BCUT2D eigenvalue weighted by Crippen LogP contribution is 2.23. The second-order valence-electron chi connectivity index (χ2n) is 4.56. The van der Waals surface area contributed by atoms with Gasteiger partial charge in [-0.1, -0.05) is 0 Å². The van der Waals surface area contributed by atoms with E-state index in [4.69, 9.17) is 9.15 Å². The fourth-order valence-corrected chi connectivity index (χ4v) is 1.89. The summed E-state index contributed by atoms with van der Waals surface area (Å²) >= 11 is 0. The molecule has 2 aromatic heterocycles. The third kappa shape index (κ3) is 2.42. The highest BCUT2D eigenvalue weighted by Gasteiger charge is 2.05. The Morgan fingerprint density at radius 3 is 2.58 bits per heavy atom. The predicted octanol–water partition coefficient (Wildman–Crippen LogP) is 3.68. The van der Waals surface area contributed by atoms with Crippen LogP contribution >= 0.6 is 0 Å². The number of nitrogens with zero attached hydrogens (tertiary/aromatic N) is 2. The summed E-state index contributed by atoms with van der Waals surface area (Å²) < 4.78 is 10.8. The number of benzene rings is 1. The molecule has 3 aromatic rings. The van der Waals surface area contributed by atoms with Crippen LogP contribution in [0.25, 0.3) is 22.5 Å². The highest BCUT2D eigenvalue weighted by atomic mass is 16.5. The maximum Gasteiger partial charge on any atom is 0.199 e. The van der Waals surface area contributed by atoms with Gasteiger partial charge in [-0.3, -0.25) is 0 Å². The van der Waals surface area contributed by atoms with Crippen LogP contribution in [0.2, 0.25) is 0 Å². The van der Waals surface area contributed by atoms with E-state index in [-0.39, 0.29) is 6.10 Å². The molecule has 0 fully saturated rings. The fraction of sp³-hybridized carbons (Fsp3) is 0.200. The minimum absolute atomic E-state index is 0.176. The van der Waals surface area contributed by atoms with Crippen LogP contribution in [0, 0.1) is 0 Å². The smallest absolute Gasteiger partial charge is 0.199 e. The lowest BCUT2D eigenvalue weighted by Crippen LogP contribution is -2.05. The number of oxazole rings is 1. The molecule has 0 aliphatic rings. The van der Waals surface area contributed by atoms with Gasteiger partial charge >= 0.3 is 0 Å². The molecule has 0 aliphatic heterocycles. The number of fused-ring (bicyclic) bond motifs is 1. The first-order valence-electron chi connectivity index (χ1n) is 6.20. The molecule has 0 aliphatic carbocycles. The average molecular weight is 254 g/mol. The molecule has 0 unspecified atom stereocenters. The van der Waals surface area contributed by atoms with Crippen molar-refractivity contribution in [2.45, 2.75) is 20.0 Å². The Balaban J connectivity index is 1.92. The Kier molecular flexibility index (Phi) is 2.91. The molecule has 0 radical (unpaired) electrons. The van der Waals surface area contributed by atoms with Crippen LogP contribution in [0.4, 0.5) is 0 Å². The summed E-state index contributed by atoms with van der Waals surface area (Å²) in [5, 5.41) is 0. The molecular weight excluding hydrogens is 240 g/mol. The molecule has 0 atom stereocenters. The van der Waals surface area contributed by atoms with Crippen LogP contribution in [-0.2, 0) is 0 Å². The maximum absolute atomic E-state index is 5.62. The molecule has 1 aromatic carbocycles. The van der Waals surface area contributed by atoms with Crippen molar-refractivity contribution in [1.82, 2.24) is 9.97 Å². The van der Waals surface area contributed by atoms with Crippen molar-refractivity contribution in [2.24, 2.45) is 0 Å². The van der Waals surface area contributed by atoms with E-state index in [0.717, 1.165) is 17.0 Å². The van der Waals surface area contributed by atoms with Crippen LogP contribution in [0.3, 0.4) is 0 Å². The van der Waals surface area contributed by atoms with Gasteiger partial charge in [0, 0.05) is 5.56 Å². The van der Waals surface area contributed by atoms with Gasteiger partial charge in [-0.2, -0.15) is 4.98 Å². The van der Waals surface area contributed by atoms with Crippen molar-refractivity contribution >= 4 is 11.2 Å². The number of pyridine rings is 1. The van der Waals surface area contributed by atoms with Gasteiger partial charge in [0.15, 0.2) is 17.6 Å². The minimum Gasteiger partial charge on any atom is -0.491 e. The number of rotatable bonds is 3. The molecule has 0 bridgehead atoms. The first-order chi connectivity index (χ1) is 9.22. The second kappa shape index (κ2) is 4.72. The Labute approximate surface area is 111 Å². The summed E-state index contributed by atoms with van der Waals surface area (Å²) in [6.07, 6.45) is 1.58. The minimum atomic E-state index is 0.176. The van der Waals surface area contributed by atoms with Crippen LogP contribution in [0.15, 0.2) is 47.2 Å². The molecule has 0 amide bonds.